The van der Waals surface area contributed by atoms with Gasteiger partial charge >= 0.3 is 5.97 Å². The molecule has 4 atom stereocenters. The Bertz CT molecular complexity index is 873. The normalized spacial score (nSPS) is 14.5. The van der Waals surface area contributed by atoms with Gasteiger partial charge in [-0.15, -0.1) is 0 Å². The van der Waals surface area contributed by atoms with Crippen LogP contribution < -0.4 is 10.6 Å². The number of methoxy groups -OCH3 is 1. The van der Waals surface area contributed by atoms with Crippen LogP contribution >= 0.6 is 0 Å². The lowest BCUT2D eigenvalue weighted by Crippen LogP contribution is -2.55. The molecule has 0 radical (unpaired) electrons. The smallest absolute Gasteiger partial charge is 0.338 e. The highest BCUT2D eigenvalue weighted by Gasteiger charge is 2.34. The molecule has 2 amide bonds. The van der Waals surface area contributed by atoms with E-state index in [1.54, 1.807) is 30.3 Å². The summed E-state index contributed by atoms with van der Waals surface area (Å²) in [6.07, 6.45) is -0.573. The Labute approximate surface area is 177 Å². The summed E-state index contributed by atoms with van der Waals surface area (Å²) in [5, 5.41) is 24.4. The fourth-order valence-corrected chi connectivity index (χ4v) is 2.76. The molecular weight excluding hydrogens is 408 g/mol. The number of aldehydes is 1. The molecule has 2 aromatic rings. The summed E-state index contributed by atoms with van der Waals surface area (Å²) < 4.78 is 4.29. The molecule has 0 saturated heterocycles. The van der Waals surface area contributed by atoms with Crippen LogP contribution in [0.3, 0.4) is 0 Å². The van der Waals surface area contributed by atoms with Crippen LogP contribution in [0, 0.1) is 0 Å². The van der Waals surface area contributed by atoms with E-state index >= 15 is 0 Å². The summed E-state index contributed by atoms with van der Waals surface area (Å²) in [5.41, 5.74) is 1.32. The van der Waals surface area contributed by atoms with Crippen LogP contribution in [0.4, 0.5) is 0 Å². The second-order valence-electron chi connectivity index (χ2n) is 6.70. The van der Waals surface area contributed by atoms with E-state index in [1.807, 2.05) is 0 Å². The summed E-state index contributed by atoms with van der Waals surface area (Å²) >= 11 is 0. The number of H-pyrrole nitrogens is 1. The molecule has 1 aromatic carbocycles. The van der Waals surface area contributed by atoms with Crippen molar-refractivity contribution in [1.29, 1.82) is 0 Å². The Hall–Kier alpha value is -3.57. The molecule has 2 rings (SSSR count). The zero-order valence-electron chi connectivity index (χ0n) is 16.7. The van der Waals surface area contributed by atoms with Crippen molar-refractivity contribution in [3.05, 3.63) is 54.1 Å². The summed E-state index contributed by atoms with van der Waals surface area (Å²) in [6.45, 7) is 0. The molecule has 166 valence electrons. The molecule has 11 nitrogen and oxygen atoms in total. The summed E-state index contributed by atoms with van der Waals surface area (Å²) in [4.78, 5) is 54.6. The molecule has 1 heterocycles. The number of nitrogens with one attached hydrogen (secondary N) is 3. The third-order valence-corrected chi connectivity index (χ3v) is 4.41. The Kier molecular flexibility index (Phi) is 8.85. The summed E-state index contributed by atoms with van der Waals surface area (Å²) in [7, 11) is 0.987. The van der Waals surface area contributed by atoms with Crippen molar-refractivity contribution in [2.24, 2.45) is 0 Å². The fourth-order valence-electron chi connectivity index (χ4n) is 2.76. The molecule has 1 aromatic heterocycles. The van der Waals surface area contributed by atoms with Gasteiger partial charge in [-0.25, -0.2) is 9.78 Å². The van der Waals surface area contributed by atoms with Crippen LogP contribution in [0.2, 0.25) is 0 Å². The second kappa shape index (κ2) is 11.6. The van der Waals surface area contributed by atoms with E-state index in [-0.39, 0.29) is 12.8 Å². The van der Waals surface area contributed by atoms with E-state index in [0.717, 1.165) is 7.11 Å². The number of hydrogen-bond donors (Lipinski definition) is 5. The highest BCUT2D eigenvalue weighted by molar-refractivity contribution is 5.93. The van der Waals surface area contributed by atoms with Crippen LogP contribution in [0.25, 0.3) is 0 Å². The number of imidazole rings is 1. The third-order valence-electron chi connectivity index (χ3n) is 4.41. The van der Waals surface area contributed by atoms with Gasteiger partial charge in [-0.2, -0.15) is 0 Å². The first-order valence-corrected chi connectivity index (χ1v) is 9.36. The average molecular weight is 432 g/mol. The van der Waals surface area contributed by atoms with Crippen molar-refractivity contribution in [1.82, 2.24) is 20.6 Å². The number of nitrogens with zero attached hydrogens (tertiary/aromatic N) is 1. The highest BCUT2D eigenvalue weighted by Crippen LogP contribution is 2.06. The fraction of sp³-hybridized carbons (Fsp3) is 0.350. The number of rotatable bonds is 11. The molecule has 0 aliphatic carbocycles. The van der Waals surface area contributed by atoms with Crippen molar-refractivity contribution < 1.29 is 34.1 Å². The van der Waals surface area contributed by atoms with E-state index in [0.29, 0.717) is 17.5 Å². The van der Waals surface area contributed by atoms with Gasteiger partial charge in [0.2, 0.25) is 5.91 Å². The van der Waals surface area contributed by atoms with E-state index in [2.05, 4.69) is 25.3 Å². The molecule has 5 N–H and O–H groups in total. The molecule has 0 fully saturated rings. The first kappa shape index (κ1) is 23.7. The maximum absolute atomic E-state index is 12.8. The molecule has 2 unspecified atom stereocenters. The lowest BCUT2D eigenvalue weighted by atomic mass is 10.0. The van der Waals surface area contributed by atoms with Gasteiger partial charge in [0, 0.05) is 24.7 Å². The van der Waals surface area contributed by atoms with E-state index in [1.165, 1.54) is 12.5 Å². The monoisotopic (exact) mass is 432 g/mol. The van der Waals surface area contributed by atoms with Gasteiger partial charge in [-0.3, -0.25) is 9.59 Å². The standard InChI is InChI=1S/C20H24N4O7/c1-31-20(30)17(27)16(26)19(29)24-15(7-12-5-3-2-4-6-12)18(28)23-14(10-25)8-13-9-21-11-22-13/h2-6,9-11,14-17,26-27H,7-8H2,1H3,(H,21,22)(H,23,28)(H,24,29)/t14-,15-,16?,17?/m0/s1. The van der Waals surface area contributed by atoms with Crippen molar-refractivity contribution in [2.45, 2.75) is 37.1 Å². The maximum atomic E-state index is 12.8. The number of carbonyl (C=O) groups is 4. The number of aromatic amines is 1. The van der Waals surface area contributed by atoms with E-state index in [9.17, 15) is 29.4 Å². The molecule has 0 saturated carbocycles. The van der Waals surface area contributed by atoms with Gasteiger partial charge in [0.15, 0.2) is 12.2 Å². The molecule has 0 aliphatic heterocycles. The molecule has 11 heteroatoms. The first-order valence-electron chi connectivity index (χ1n) is 9.36. The predicted octanol–water partition coefficient (Wildman–Crippen LogP) is -1.74. The lowest BCUT2D eigenvalue weighted by molar-refractivity contribution is -0.161. The SMILES string of the molecule is COC(=O)C(O)C(O)C(=O)N[C@@H](Cc1ccccc1)C(=O)N[C@H](C=O)Cc1cnc[nH]1. The average Bonchev–Trinajstić information content (AvgIpc) is 3.30. The van der Waals surface area contributed by atoms with Gasteiger partial charge in [0.25, 0.3) is 5.91 Å². The van der Waals surface area contributed by atoms with Crippen molar-refractivity contribution in [3.63, 3.8) is 0 Å². The minimum Gasteiger partial charge on any atom is -0.467 e. The summed E-state index contributed by atoms with van der Waals surface area (Å²) in [6, 6.07) is 6.64. The molecule has 0 bridgehead atoms. The van der Waals surface area contributed by atoms with Gasteiger partial charge in [-0.1, -0.05) is 30.3 Å². The minimum absolute atomic E-state index is 0.0368. The number of aromatic nitrogens is 2. The van der Waals surface area contributed by atoms with Crippen LogP contribution in [-0.4, -0.2) is 75.7 Å². The highest BCUT2D eigenvalue weighted by atomic mass is 16.5. The molecule has 31 heavy (non-hydrogen) atoms. The van der Waals surface area contributed by atoms with Gasteiger partial charge in [0.05, 0.1) is 19.5 Å². The van der Waals surface area contributed by atoms with Gasteiger partial charge < -0.3 is 35.4 Å². The van der Waals surface area contributed by atoms with Crippen LogP contribution in [0.5, 0.6) is 0 Å². The lowest BCUT2D eigenvalue weighted by Gasteiger charge is -2.23. The third kappa shape index (κ3) is 7.01. The summed E-state index contributed by atoms with van der Waals surface area (Å²) in [5.74, 6) is -3.04. The largest absolute Gasteiger partial charge is 0.467 e. The number of amides is 2. The van der Waals surface area contributed by atoms with Crippen molar-refractivity contribution in [2.75, 3.05) is 7.11 Å². The molecule has 0 aliphatic rings. The first-order chi connectivity index (χ1) is 14.8. The van der Waals surface area contributed by atoms with E-state index in [4.69, 9.17) is 0 Å². The number of ether oxygens (including phenoxy) is 1. The number of carbonyl (C=O) groups excluding carboxylic acids is 4. The quantitative estimate of drug-likeness (QED) is 0.206. The van der Waals surface area contributed by atoms with Crippen molar-refractivity contribution in [3.8, 4) is 0 Å². The van der Waals surface area contributed by atoms with Gasteiger partial charge in [0.1, 0.15) is 12.3 Å². The number of aliphatic hydroxyl groups is 2. The Balaban J connectivity index is 2.13. The number of benzene rings is 1. The van der Waals surface area contributed by atoms with E-state index < -0.39 is 42.1 Å². The number of hydrogen-bond acceptors (Lipinski definition) is 8. The zero-order chi connectivity index (χ0) is 22.8. The van der Waals surface area contributed by atoms with Crippen LogP contribution in [0.15, 0.2) is 42.9 Å². The van der Waals surface area contributed by atoms with Gasteiger partial charge in [-0.05, 0) is 5.56 Å². The number of aliphatic hydroxyl groups excluding tert-OH is 2. The maximum Gasteiger partial charge on any atom is 0.338 e. The van der Waals surface area contributed by atoms with Crippen LogP contribution in [0.1, 0.15) is 11.3 Å². The molecular formula is C20H24N4O7. The molecule has 0 spiro atoms. The Morgan fingerprint density at radius 3 is 2.39 bits per heavy atom. The minimum atomic E-state index is -2.15. The topological polar surface area (TPSA) is 171 Å². The zero-order valence-corrected chi connectivity index (χ0v) is 16.7. The van der Waals surface area contributed by atoms with Crippen molar-refractivity contribution >= 4 is 24.1 Å². The number of esters is 1. The Morgan fingerprint density at radius 1 is 1.10 bits per heavy atom. The van der Waals surface area contributed by atoms with Crippen LogP contribution in [-0.2, 0) is 36.8 Å². The Morgan fingerprint density at radius 2 is 1.81 bits per heavy atom. The second-order valence-corrected chi connectivity index (χ2v) is 6.70. The predicted molar refractivity (Wildman–Crippen MR) is 106 cm³/mol.